The molecule has 0 atom stereocenters. The van der Waals surface area contributed by atoms with Gasteiger partial charge in [0, 0.05) is 5.41 Å². The first-order valence-electron chi connectivity index (χ1n) is 5.47. The van der Waals surface area contributed by atoms with E-state index in [2.05, 4.69) is 62.3 Å². The van der Waals surface area contributed by atoms with Gasteiger partial charge in [-0.05, 0) is 19.1 Å². The molecule has 0 N–H and O–H groups in total. The van der Waals surface area contributed by atoms with E-state index < -0.39 is 0 Å². The molecule has 0 saturated heterocycles. The molecular weight excluding hydrogens is 198 g/mol. The van der Waals surface area contributed by atoms with E-state index in [0.717, 1.165) is 11.4 Å². The Morgan fingerprint density at radius 3 is 2.19 bits per heavy atom. The summed E-state index contributed by atoms with van der Waals surface area (Å²) < 4.78 is 1.82. The normalized spacial score (nSPS) is 11.8. The highest BCUT2D eigenvalue weighted by Crippen LogP contribution is 2.20. The van der Waals surface area contributed by atoms with Crippen LogP contribution in [0.15, 0.2) is 30.5 Å². The fourth-order valence-corrected chi connectivity index (χ4v) is 1.43. The smallest absolute Gasteiger partial charge is 0.0885 e. The molecule has 1 heterocycles. The molecule has 2 rings (SSSR count). The topological polar surface area (TPSA) is 30.7 Å². The second-order valence-corrected chi connectivity index (χ2v) is 5.13. The first-order valence-corrected chi connectivity index (χ1v) is 5.47. The highest BCUT2D eigenvalue weighted by Gasteiger charge is 2.17. The van der Waals surface area contributed by atoms with E-state index in [1.807, 2.05) is 10.9 Å². The number of aryl methyl sites for hydroxylation is 1. The molecular formula is C13H17N3. The summed E-state index contributed by atoms with van der Waals surface area (Å²) in [6.45, 7) is 8.48. The summed E-state index contributed by atoms with van der Waals surface area (Å²) >= 11 is 0. The van der Waals surface area contributed by atoms with Crippen LogP contribution < -0.4 is 0 Å². The standard InChI is InChI=1S/C13H17N3/c1-10-5-7-11(8-6-10)16-9-12(14-15-16)13(2,3)4/h5-9H,1-4H3. The van der Waals surface area contributed by atoms with E-state index in [1.54, 1.807) is 0 Å². The van der Waals surface area contributed by atoms with Gasteiger partial charge >= 0.3 is 0 Å². The van der Waals surface area contributed by atoms with Crippen molar-refractivity contribution in [1.29, 1.82) is 0 Å². The minimum absolute atomic E-state index is 0.0446. The van der Waals surface area contributed by atoms with Crippen molar-refractivity contribution in [2.75, 3.05) is 0 Å². The Morgan fingerprint density at radius 2 is 1.69 bits per heavy atom. The second-order valence-electron chi connectivity index (χ2n) is 5.13. The lowest BCUT2D eigenvalue weighted by molar-refractivity contribution is 0.566. The Morgan fingerprint density at radius 1 is 1.06 bits per heavy atom. The van der Waals surface area contributed by atoms with E-state index in [-0.39, 0.29) is 5.41 Å². The van der Waals surface area contributed by atoms with Gasteiger partial charge in [0.15, 0.2) is 0 Å². The van der Waals surface area contributed by atoms with Crippen molar-refractivity contribution in [2.45, 2.75) is 33.1 Å². The molecule has 3 nitrogen and oxygen atoms in total. The first-order chi connectivity index (χ1) is 7.47. The van der Waals surface area contributed by atoms with E-state index >= 15 is 0 Å². The van der Waals surface area contributed by atoms with Gasteiger partial charge in [-0.25, -0.2) is 4.68 Å². The van der Waals surface area contributed by atoms with Crippen LogP contribution in [0.5, 0.6) is 0 Å². The zero-order valence-electron chi connectivity index (χ0n) is 10.2. The van der Waals surface area contributed by atoms with Gasteiger partial charge in [-0.3, -0.25) is 0 Å². The zero-order chi connectivity index (χ0) is 11.8. The van der Waals surface area contributed by atoms with Crippen molar-refractivity contribution in [3.63, 3.8) is 0 Å². The van der Waals surface area contributed by atoms with Crippen molar-refractivity contribution >= 4 is 0 Å². The Kier molecular flexibility index (Phi) is 2.54. The van der Waals surface area contributed by atoms with E-state index in [4.69, 9.17) is 0 Å². The molecule has 16 heavy (non-hydrogen) atoms. The molecule has 0 aliphatic carbocycles. The number of nitrogens with zero attached hydrogens (tertiary/aromatic N) is 3. The van der Waals surface area contributed by atoms with Gasteiger partial charge in [-0.15, -0.1) is 5.10 Å². The minimum Gasteiger partial charge on any atom is -0.220 e. The average Bonchev–Trinajstić information content (AvgIpc) is 2.67. The van der Waals surface area contributed by atoms with Gasteiger partial charge in [0.2, 0.25) is 0 Å². The monoisotopic (exact) mass is 215 g/mol. The van der Waals surface area contributed by atoms with Crippen LogP contribution in [0.3, 0.4) is 0 Å². The van der Waals surface area contributed by atoms with Crippen molar-refractivity contribution < 1.29 is 0 Å². The third-order valence-electron chi connectivity index (χ3n) is 2.56. The average molecular weight is 215 g/mol. The third kappa shape index (κ3) is 2.13. The predicted octanol–water partition coefficient (Wildman–Crippen LogP) is 2.87. The summed E-state index contributed by atoms with van der Waals surface area (Å²) in [5, 5.41) is 8.35. The largest absolute Gasteiger partial charge is 0.220 e. The van der Waals surface area contributed by atoms with Crippen molar-refractivity contribution in [1.82, 2.24) is 15.0 Å². The molecule has 0 saturated carbocycles. The molecule has 0 radical (unpaired) electrons. The summed E-state index contributed by atoms with van der Waals surface area (Å²) in [5.41, 5.74) is 3.35. The molecule has 1 aromatic heterocycles. The summed E-state index contributed by atoms with van der Waals surface area (Å²) in [7, 11) is 0. The number of hydrogen-bond acceptors (Lipinski definition) is 2. The third-order valence-corrected chi connectivity index (χ3v) is 2.56. The van der Waals surface area contributed by atoms with Gasteiger partial charge < -0.3 is 0 Å². The van der Waals surface area contributed by atoms with Crippen LogP contribution in [0.25, 0.3) is 5.69 Å². The van der Waals surface area contributed by atoms with Gasteiger partial charge in [-0.2, -0.15) is 0 Å². The molecule has 0 amide bonds. The maximum absolute atomic E-state index is 4.20. The van der Waals surface area contributed by atoms with Crippen LogP contribution in [-0.4, -0.2) is 15.0 Å². The fourth-order valence-electron chi connectivity index (χ4n) is 1.43. The van der Waals surface area contributed by atoms with Crippen LogP contribution in [0.2, 0.25) is 0 Å². The van der Waals surface area contributed by atoms with Crippen molar-refractivity contribution in [3.8, 4) is 5.69 Å². The highest BCUT2D eigenvalue weighted by molar-refractivity contribution is 5.33. The molecule has 0 aliphatic heterocycles. The van der Waals surface area contributed by atoms with E-state index in [1.165, 1.54) is 5.56 Å². The summed E-state index contributed by atoms with van der Waals surface area (Å²) in [6, 6.07) is 8.26. The fraction of sp³-hybridized carbons (Fsp3) is 0.385. The lowest BCUT2D eigenvalue weighted by Gasteiger charge is -2.12. The summed E-state index contributed by atoms with van der Waals surface area (Å²) in [4.78, 5) is 0. The maximum Gasteiger partial charge on any atom is 0.0885 e. The van der Waals surface area contributed by atoms with Gasteiger partial charge in [0.1, 0.15) is 0 Å². The van der Waals surface area contributed by atoms with E-state index in [9.17, 15) is 0 Å². The van der Waals surface area contributed by atoms with Crippen LogP contribution >= 0.6 is 0 Å². The summed E-state index contributed by atoms with van der Waals surface area (Å²) in [5.74, 6) is 0. The molecule has 0 unspecified atom stereocenters. The van der Waals surface area contributed by atoms with E-state index in [0.29, 0.717) is 0 Å². The SMILES string of the molecule is Cc1ccc(-n2cc(C(C)(C)C)nn2)cc1. The molecule has 0 aliphatic rings. The number of rotatable bonds is 1. The van der Waals surface area contributed by atoms with Crippen molar-refractivity contribution in [2.24, 2.45) is 0 Å². The van der Waals surface area contributed by atoms with Crippen LogP contribution in [0.4, 0.5) is 0 Å². The predicted molar refractivity (Wildman–Crippen MR) is 64.8 cm³/mol. The number of benzene rings is 1. The Labute approximate surface area is 96.1 Å². The first kappa shape index (κ1) is 10.9. The number of hydrogen-bond donors (Lipinski definition) is 0. The van der Waals surface area contributed by atoms with Crippen LogP contribution in [0.1, 0.15) is 32.0 Å². The van der Waals surface area contributed by atoms with Crippen molar-refractivity contribution in [3.05, 3.63) is 41.7 Å². The summed E-state index contributed by atoms with van der Waals surface area (Å²) in [6.07, 6.45) is 1.99. The quantitative estimate of drug-likeness (QED) is 0.732. The van der Waals surface area contributed by atoms with Gasteiger partial charge in [0.05, 0.1) is 17.6 Å². The zero-order valence-corrected chi connectivity index (χ0v) is 10.2. The maximum atomic E-state index is 4.20. The van der Waals surface area contributed by atoms with Crippen LogP contribution in [-0.2, 0) is 5.41 Å². The Hall–Kier alpha value is -1.64. The molecule has 0 bridgehead atoms. The highest BCUT2D eigenvalue weighted by atomic mass is 15.4. The Balaban J connectivity index is 2.35. The Bertz CT molecular complexity index is 475. The molecule has 0 spiro atoms. The molecule has 1 aromatic carbocycles. The molecule has 2 aromatic rings. The van der Waals surface area contributed by atoms with Crippen LogP contribution in [0, 0.1) is 6.92 Å². The lowest BCUT2D eigenvalue weighted by atomic mass is 9.93. The molecule has 0 fully saturated rings. The van der Waals surface area contributed by atoms with Gasteiger partial charge in [-0.1, -0.05) is 43.7 Å². The molecule has 84 valence electrons. The molecule has 3 heteroatoms. The minimum atomic E-state index is 0.0446. The lowest BCUT2D eigenvalue weighted by Crippen LogP contribution is -2.11. The van der Waals surface area contributed by atoms with Gasteiger partial charge in [0.25, 0.3) is 0 Å². The number of aromatic nitrogens is 3. The second kappa shape index (κ2) is 3.74.